The van der Waals surface area contributed by atoms with Crippen LogP contribution in [-0.2, 0) is 29.2 Å². The van der Waals surface area contributed by atoms with Crippen molar-refractivity contribution in [3.05, 3.63) is 11.4 Å². The first-order valence-corrected chi connectivity index (χ1v) is 4.76. The van der Waals surface area contributed by atoms with Gasteiger partial charge in [-0.25, -0.2) is 8.42 Å². The number of thiol groups is 1. The molecule has 0 fully saturated rings. The fourth-order valence-corrected chi connectivity index (χ4v) is 1.21. The van der Waals surface area contributed by atoms with Gasteiger partial charge in [-0.2, -0.15) is 31.8 Å². The molecule has 0 aromatic carbocycles. The topological polar surface area (TPSA) is 64.8 Å². The highest BCUT2D eigenvalue weighted by Gasteiger charge is 2.49. The second-order valence-corrected chi connectivity index (χ2v) is 3.76. The fourth-order valence-electron chi connectivity index (χ4n) is 0.887. The van der Waals surface area contributed by atoms with E-state index in [1.54, 1.807) is 0 Å². The van der Waals surface area contributed by atoms with E-state index < -0.39 is 33.5 Å². The molecule has 16 heavy (non-hydrogen) atoms. The zero-order chi connectivity index (χ0) is 12.7. The van der Waals surface area contributed by atoms with Crippen LogP contribution >= 0.6 is 0 Å². The predicted molar refractivity (Wildman–Crippen MR) is 40.2 cm³/mol. The molecule has 0 spiro atoms. The summed E-state index contributed by atoms with van der Waals surface area (Å²) in [5, 5.41) is 0.686. The molecule has 11 heteroatoms. The van der Waals surface area contributed by atoms with Crippen molar-refractivity contribution in [2.75, 3.05) is 0 Å². The second-order valence-electron chi connectivity index (χ2n) is 2.68. The SMILES string of the molecule is Cn1nc(C(F)(F)F)c(C(F)(F)[SH](=O)=O)n1. The van der Waals surface area contributed by atoms with E-state index in [-0.39, 0.29) is 4.80 Å². The fraction of sp³-hybridized carbons (Fsp3) is 0.600. The monoisotopic (exact) mass is 265 g/mol. The first-order valence-electron chi connectivity index (χ1n) is 3.58. The molecule has 0 atom stereocenters. The van der Waals surface area contributed by atoms with Crippen molar-refractivity contribution < 1.29 is 30.4 Å². The summed E-state index contributed by atoms with van der Waals surface area (Å²) >= 11 is 0. The Morgan fingerprint density at radius 3 is 1.88 bits per heavy atom. The van der Waals surface area contributed by atoms with Gasteiger partial charge < -0.3 is 0 Å². The summed E-state index contributed by atoms with van der Waals surface area (Å²) in [5.41, 5.74) is -3.93. The molecule has 0 saturated carbocycles. The summed E-state index contributed by atoms with van der Waals surface area (Å²) in [6, 6.07) is 0. The van der Waals surface area contributed by atoms with Crippen LogP contribution in [0.1, 0.15) is 11.4 Å². The third-order valence-corrected chi connectivity index (χ3v) is 2.17. The lowest BCUT2D eigenvalue weighted by Crippen LogP contribution is -2.21. The van der Waals surface area contributed by atoms with Gasteiger partial charge in [-0.15, -0.1) is 5.10 Å². The Kier molecular flexibility index (Phi) is 2.92. The van der Waals surface area contributed by atoms with E-state index in [0.29, 0.717) is 0 Å². The minimum Gasteiger partial charge on any atom is -0.225 e. The molecule has 1 aromatic heterocycles. The van der Waals surface area contributed by atoms with Crippen LogP contribution in [0.4, 0.5) is 22.0 Å². The Balaban J connectivity index is 3.46. The molecule has 0 aliphatic carbocycles. The van der Waals surface area contributed by atoms with Gasteiger partial charge in [0.2, 0.25) is 10.7 Å². The van der Waals surface area contributed by atoms with Gasteiger partial charge in [-0.3, -0.25) is 0 Å². The number of rotatable bonds is 2. The minimum absolute atomic E-state index is 0.227. The molecule has 0 N–H and O–H groups in total. The molecule has 1 rings (SSSR count). The number of hydrogen-bond donors (Lipinski definition) is 1. The van der Waals surface area contributed by atoms with Crippen LogP contribution in [-0.4, -0.2) is 23.4 Å². The predicted octanol–water partition coefficient (Wildman–Crippen LogP) is 0.495. The van der Waals surface area contributed by atoms with Crippen LogP contribution in [0.5, 0.6) is 0 Å². The van der Waals surface area contributed by atoms with Crippen LogP contribution in [0.2, 0.25) is 0 Å². The Hall–Kier alpha value is -1.26. The third kappa shape index (κ3) is 2.13. The van der Waals surface area contributed by atoms with Crippen molar-refractivity contribution in [2.24, 2.45) is 7.05 Å². The normalized spacial score (nSPS) is 13.4. The Morgan fingerprint density at radius 2 is 1.50 bits per heavy atom. The van der Waals surface area contributed by atoms with Gasteiger partial charge in [0, 0.05) is 7.05 Å². The van der Waals surface area contributed by atoms with Gasteiger partial charge in [0.1, 0.15) is 0 Å². The van der Waals surface area contributed by atoms with Crippen molar-refractivity contribution >= 4 is 10.7 Å². The van der Waals surface area contributed by atoms with Crippen molar-refractivity contribution in [1.29, 1.82) is 0 Å². The molecular formula is C5H4F5N3O2S. The van der Waals surface area contributed by atoms with Gasteiger partial charge >= 0.3 is 11.4 Å². The van der Waals surface area contributed by atoms with E-state index >= 15 is 0 Å². The molecule has 5 nitrogen and oxygen atoms in total. The minimum atomic E-state index is -5.20. The Bertz CT molecular complexity index is 469. The van der Waals surface area contributed by atoms with E-state index in [4.69, 9.17) is 0 Å². The highest BCUT2D eigenvalue weighted by atomic mass is 32.2. The van der Waals surface area contributed by atoms with E-state index in [9.17, 15) is 30.4 Å². The van der Waals surface area contributed by atoms with Crippen molar-refractivity contribution in [2.45, 2.75) is 11.4 Å². The maximum absolute atomic E-state index is 12.9. The summed E-state index contributed by atoms with van der Waals surface area (Å²) in [4.78, 5) is 0.227. The zero-order valence-corrected chi connectivity index (χ0v) is 8.39. The quantitative estimate of drug-likeness (QED) is 0.624. The number of aryl methyl sites for hydroxylation is 1. The summed E-state index contributed by atoms with van der Waals surface area (Å²) in [6.07, 6.45) is -5.20. The molecule has 0 unspecified atom stereocenters. The van der Waals surface area contributed by atoms with Gasteiger partial charge in [-0.05, 0) is 0 Å². The van der Waals surface area contributed by atoms with Crippen molar-refractivity contribution in [3.8, 4) is 0 Å². The highest BCUT2D eigenvalue weighted by Crippen LogP contribution is 2.37. The first kappa shape index (κ1) is 12.8. The zero-order valence-electron chi connectivity index (χ0n) is 7.50. The maximum atomic E-state index is 12.9. The molecule has 1 heterocycles. The summed E-state index contributed by atoms with van der Waals surface area (Å²) in [7, 11) is -3.55. The molecule has 1 aromatic rings. The third-order valence-electron chi connectivity index (χ3n) is 1.50. The molecule has 0 saturated heterocycles. The van der Waals surface area contributed by atoms with Crippen LogP contribution in [0.3, 0.4) is 0 Å². The lowest BCUT2D eigenvalue weighted by molar-refractivity contribution is -0.143. The van der Waals surface area contributed by atoms with E-state index in [0.717, 1.165) is 7.05 Å². The maximum Gasteiger partial charge on any atom is 0.437 e. The largest absolute Gasteiger partial charge is 0.437 e. The lowest BCUT2D eigenvalue weighted by atomic mass is 10.3. The Labute approximate surface area is 86.8 Å². The average Bonchev–Trinajstić information content (AvgIpc) is 2.46. The van der Waals surface area contributed by atoms with Crippen LogP contribution in [0, 0.1) is 0 Å². The number of hydrogen-bond acceptors (Lipinski definition) is 4. The molecule has 0 amide bonds. The molecule has 0 aliphatic heterocycles. The summed E-state index contributed by atoms with van der Waals surface area (Å²) in [6.45, 7) is 0. The molecule has 92 valence electrons. The number of aromatic nitrogens is 3. The van der Waals surface area contributed by atoms with Gasteiger partial charge in [0.05, 0.1) is 0 Å². The van der Waals surface area contributed by atoms with Crippen molar-refractivity contribution in [3.63, 3.8) is 0 Å². The van der Waals surface area contributed by atoms with Gasteiger partial charge in [0.25, 0.3) is 0 Å². The number of halogens is 5. The van der Waals surface area contributed by atoms with Gasteiger partial charge in [0.15, 0.2) is 11.4 Å². The molecular weight excluding hydrogens is 261 g/mol. The number of nitrogens with zero attached hydrogens (tertiary/aromatic N) is 3. The molecule has 0 radical (unpaired) electrons. The van der Waals surface area contributed by atoms with Crippen LogP contribution in [0.25, 0.3) is 0 Å². The van der Waals surface area contributed by atoms with E-state index in [1.165, 1.54) is 0 Å². The lowest BCUT2D eigenvalue weighted by Gasteiger charge is -2.08. The molecule has 0 bridgehead atoms. The van der Waals surface area contributed by atoms with Gasteiger partial charge in [-0.1, -0.05) is 0 Å². The smallest absolute Gasteiger partial charge is 0.225 e. The first-order chi connectivity index (χ1) is 7.06. The summed E-state index contributed by atoms with van der Waals surface area (Å²) in [5.74, 6) is 0. The van der Waals surface area contributed by atoms with E-state index in [2.05, 4.69) is 10.2 Å². The average molecular weight is 265 g/mol. The summed E-state index contributed by atoms with van der Waals surface area (Å²) < 4.78 is 82.7. The van der Waals surface area contributed by atoms with Crippen LogP contribution in [0.15, 0.2) is 0 Å². The highest BCUT2D eigenvalue weighted by molar-refractivity contribution is 7.73. The van der Waals surface area contributed by atoms with Crippen LogP contribution < -0.4 is 0 Å². The second kappa shape index (κ2) is 3.64. The molecule has 0 aliphatic rings. The number of alkyl halides is 5. The van der Waals surface area contributed by atoms with E-state index in [1.807, 2.05) is 0 Å². The standard InChI is InChI=1S/C5H4F5N3O2S/c1-13-11-2(4(6,7)8)3(12-13)5(9,10)16(14)15/h16H,1H3. The Morgan fingerprint density at radius 1 is 1.06 bits per heavy atom. The van der Waals surface area contributed by atoms with Crippen molar-refractivity contribution in [1.82, 2.24) is 15.0 Å².